The van der Waals surface area contributed by atoms with Gasteiger partial charge in [-0.15, -0.1) is 0 Å². The van der Waals surface area contributed by atoms with Crippen LogP contribution in [-0.2, 0) is 19.4 Å². The van der Waals surface area contributed by atoms with Crippen molar-refractivity contribution in [1.82, 2.24) is 4.57 Å². The summed E-state index contributed by atoms with van der Waals surface area (Å²) in [4.78, 5) is 0. The van der Waals surface area contributed by atoms with E-state index < -0.39 is 0 Å². The summed E-state index contributed by atoms with van der Waals surface area (Å²) in [6.45, 7) is 1.01. The van der Waals surface area contributed by atoms with Crippen molar-refractivity contribution >= 4 is 0 Å². The van der Waals surface area contributed by atoms with E-state index in [4.69, 9.17) is 0 Å². The smallest absolute Gasteiger partial charge is 0.0470 e. The van der Waals surface area contributed by atoms with Crippen LogP contribution in [0.3, 0.4) is 0 Å². The van der Waals surface area contributed by atoms with Crippen molar-refractivity contribution in [3.63, 3.8) is 0 Å². The molecule has 1 aliphatic carbocycles. The summed E-state index contributed by atoms with van der Waals surface area (Å²) < 4.78 is 2.34. The lowest BCUT2D eigenvalue weighted by Gasteiger charge is -2.08. The van der Waals surface area contributed by atoms with Gasteiger partial charge in [-0.3, -0.25) is 0 Å². The van der Waals surface area contributed by atoms with Gasteiger partial charge in [0.1, 0.15) is 0 Å². The summed E-state index contributed by atoms with van der Waals surface area (Å²) in [7, 11) is 0. The van der Waals surface area contributed by atoms with Gasteiger partial charge < -0.3 is 4.57 Å². The van der Waals surface area contributed by atoms with Crippen LogP contribution in [0.25, 0.3) is 0 Å². The van der Waals surface area contributed by atoms with E-state index >= 15 is 0 Å². The third-order valence-electron chi connectivity index (χ3n) is 3.41. The summed E-state index contributed by atoms with van der Waals surface area (Å²) >= 11 is 0. The maximum Gasteiger partial charge on any atom is 0.0470 e. The normalized spacial score (nSPS) is 14.8. The molecule has 0 radical (unpaired) electrons. The summed E-state index contributed by atoms with van der Waals surface area (Å²) in [6.07, 6.45) is 9.95. The third kappa shape index (κ3) is 1.90. The predicted molar refractivity (Wildman–Crippen MR) is 66.6 cm³/mol. The molecule has 0 bridgehead atoms. The van der Waals surface area contributed by atoms with Crippen LogP contribution in [0.2, 0.25) is 0 Å². The Morgan fingerprint density at radius 3 is 2.12 bits per heavy atom. The van der Waals surface area contributed by atoms with E-state index in [9.17, 15) is 0 Å². The van der Waals surface area contributed by atoms with Crippen LogP contribution in [0.4, 0.5) is 0 Å². The van der Waals surface area contributed by atoms with Gasteiger partial charge >= 0.3 is 0 Å². The predicted octanol–water partition coefficient (Wildman–Crippen LogP) is 3.42. The Balaban J connectivity index is 1.83. The average molecular weight is 211 g/mol. The number of rotatable bonds is 2. The Morgan fingerprint density at radius 2 is 1.50 bits per heavy atom. The molecule has 82 valence electrons. The van der Waals surface area contributed by atoms with E-state index in [0.29, 0.717) is 0 Å². The fourth-order valence-corrected chi connectivity index (χ4v) is 2.57. The summed E-state index contributed by atoms with van der Waals surface area (Å²) in [6, 6.07) is 10.7. The van der Waals surface area contributed by atoms with Gasteiger partial charge in [-0.1, -0.05) is 30.3 Å². The lowest BCUT2D eigenvalue weighted by Crippen LogP contribution is -1.97. The first-order valence-corrected chi connectivity index (χ1v) is 6.13. The molecule has 1 aromatic carbocycles. The maximum absolute atomic E-state index is 2.34. The molecule has 1 nitrogen and oxygen atoms in total. The topological polar surface area (TPSA) is 4.93 Å². The largest absolute Gasteiger partial charge is 0.349 e. The Kier molecular flexibility index (Phi) is 2.53. The molecule has 0 fully saturated rings. The molecule has 1 aliphatic rings. The molecule has 16 heavy (non-hydrogen) atoms. The molecular formula is C15H17N. The molecule has 0 saturated carbocycles. The number of hydrogen-bond donors (Lipinski definition) is 0. The van der Waals surface area contributed by atoms with Crippen LogP contribution >= 0.6 is 0 Å². The molecule has 1 heterocycles. The molecule has 0 saturated heterocycles. The van der Waals surface area contributed by atoms with Gasteiger partial charge in [0.2, 0.25) is 0 Å². The van der Waals surface area contributed by atoms with Gasteiger partial charge in [0.25, 0.3) is 0 Å². The van der Waals surface area contributed by atoms with Gasteiger partial charge in [0.05, 0.1) is 0 Å². The molecule has 0 amide bonds. The van der Waals surface area contributed by atoms with E-state index in [2.05, 4.69) is 47.3 Å². The third-order valence-corrected chi connectivity index (χ3v) is 3.41. The second-order valence-corrected chi connectivity index (χ2v) is 4.67. The zero-order valence-corrected chi connectivity index (χ0v) is 9.52. The summed E-state index contributed by atoms with van der Waals surface area (Å²) in [5.74, 6) is 0. The Bertz CT molecular complexity index is 444. The molecular weight excluding hydrogens is 194 g/mol. The number of fused-ring (bicyclic) bond motifs is 1. The zero-order chi connectivity index (χ0) is 10.8. The highest BCUT2D eigenvalue weighted by molar-refractivity contribution is 5.28. The van der Waals surface area contributed by atoms with Crippen molar-refractivity contribution < 1.29 is 0 Å². The first-order chi connectivity index (χ1) is 7.92. The SMILES string of the molecule is c1ccc(Cn2cc3c(c2)CCCC3)cc1. The second-order valence-electron chi connectivity index (χ2n) is 4.67. The van der Waals surface area contributed by atoms with Gasteiger partial charge in [-0.25, -0.2) is 0 Å². The highest BCUT2D eigenvalue weighted by Crippen LogP contribution is 2.22. The first-order valence-electron chi connectivity index (χ1n) is 6.13. The van der Waals surface area contributed by atoms with Crippen LogP contribution in [-0.4, -0.2) is 4.57 Å². The molecule has 1 heteroatoms. The molecule has 0 spiro atoms. The molecule has 0 N–H and O–H groups in total. The van der Waals surface area contributed by atoms with Gasteiger partial charge in [-0.2, -0.15) is 0 Å². The van der Waals surface area contributed by atoms with Crippen molar-refractivity contribution in [1.29, 1.82) is 0 Å². The van der Waals surface area contributed by atoms with Crippen molar-refractivity contribution in [3.05, 3.63) is 59.4 Å². The van der Waals surface area contributed by atoms with Crippen LogP contribution in [0.15, 0.2) is 42.7 Å². The number of nitrogens with zero attached hydrogens (tertiary/aromatic N) is 1. The van der Waals surface area contributed by atoms with Crippen molar-refractivity contribution in [2.75, 3.05) is 0 Å². The summed E-state index contributed by atoms with van der Waals surface area (Å²) in [5.41, 5.74) is 4.53. The minimum absolute atomic E-state index is 1.01. The van der Waals surface area contributed by atoms with E-state index in [1.54, 1.807) is 11.1 Å². The Hall–Kier alpha value is -1.50. The maximum atomic E-state index is 2.34. The average Bonchev–Trinajstić information content (AvgIpc) is 2.72. The monoisotopic (exact) mass is 211 g/mol. The van der Waals surface area contributed by atoms with Crippen molar-refractivity contribution in [2.45, 2.75) is 32.2 Å². The molecule has 0 unspecified atom stereocenters. The highest BCUT2D eigenvalue weighted by atomic mass is 14.9. The molecule has 0 aliphatic heterocycles. The van der Waals surface area contributed by atoms with Crippen LogP contribution < -0.4 is 0 Å². The standard InChI is InChI=1S/C15H17N/c1-2-6-13(7-3-1)10-16-11-14-8-4-5-9-15(14)12-16/h1-3,6-7,11-12H,4-5,8-10H2. The lowest BCUT2D eigenvalue weighted by molar-refractivity contribution is 0.690. The minimum atomic E-state index is 1.01. The molecule has 3 rings (SSSR count). The van der Waals surface area contributed by atoms with E-state index in [-0.39, 0.29) is 0 Å². The molecule has 0 atom stereocenters. The van der Waals surface area contributed by atoms with Gasteiger partial charge in [0.15, 0.2) is 0 Å². The van der Waals surface area contributed by atoms with E-state index in [0.717, 1.165) is 6.54 Å². The first kappa shape index (κ1) is 9.71. The minimum Gasteiger partial charge on any atom is -0.349 e. The van der Waals surface area contributed by atoms with Crippen LogP contribution in [0.1, 0.15) is 29.5 Å². The van der Waals surface area contributed by atoms with Gasteiger partial charge in [0, 0.05) is 18.9 Å². The van der Waals surface area contributed by atoms with E-state index in [1.807, 2.05) is 0 Å². The van der Waals surface area contributed by atoms with Crippen molar-refractivity contribution in [2.24, 2.45) is 0 Å². The number of aryl methyl sites for hydroxylation is 2. The molecule has 2 aromatic rings. The Labute approximate surface area is 96.7 Å². The van der Waals surface area contributed by atoms with Crippen molar-refractivity contribution in [3.8, 4) is 0 Å². The number of benzene rings is 1. The second kappa shape index (κ2) is 4.17. The summed E-state index contributed by atoms with van der Waals surface area (Å²) in [5, 5.41) is 0. The zero-order valence-electron chi connectivity index (χ0n) is 9.52. The lowest BCUT2D eigenvalue weighted by atomic mass is 9.96. The van der Waals surface area contributed by atoms with Crippen LogP contribution in [0, 0.1) is 0 Å². The number of hydrogen-bond acceptors (Lipinski definition) is 0. The molecule has 1 aromatic heterocycles. The Morgan fingerprint density at radius 1 is 0.875 bits per heavy atom. The van der Waals surface area contributed by atoms with Crippen LogP contribution in [0.5, 0.6) is 0 Å². The highest BCUT2D eigenvalue weighted by Gasteiger charge is 2.11. The fourth-order valence-electron chi connectivity index (χ4n) is 2.57. The quantitative estimate of drug-likeness (QED) is 0.717. The fraction of sp³-hybridized carbons (Fsp3) is 0.333. The van der Waals surface area contributed by atoms with E-state index in [1.165, 1.54) is 31.2 Å². The van der Waals surface area contributed by atoms with Gasteiger partial charge in [-0.05, 0) is 42.4 Å². The number of aromatic nitrogens is 1.